The summed E-state index contributed by atoms with van der Waals surface area (Å²) in [5.41, 5.74) is 6.98. The van der Waals surface area contributed by atoms with Crippen molar-refractivity contribution >= 4 is 11.6 Å². The van der Waals surface area contributed by atoms with Crippen LogP contribution < -0.4 is 4.74 Å². The smallest absolute Gasteiger partial charge is 0.119 e. The summed E-state index contributed by atoms with van der Waals surface area (Å²) in [6, 6.07) is 24.0. The maximum absolute atomic E-state index is 6.27. The minimum absolute atomic E-state index is 0.756. The zero-order chi connectivity index (χ0) is 24.7. The maximum atomic E-state index is 6.27. The van der Waals surface area contributed by atoms with Crippen LogP contribution >= 0.6 is 11.6 Å². The minimum atomic E-state index is 0.756. The normalized spacial score (nSPS) is 17.5. The molecule has 3 nitrogen and oxygen atoms in total. The standard InChI is InChI=1S/C32H39ClN2O/c1-25-5-2-6-27(19-25)23-35-15-4-8-29-10-11-32(21-30(29)24-35)36-18-14-26-12-16-34(17-13-26)22-28-7-3-9-31(33)20-28/h2-3,5-7,9-11,19-21,26H,4,8,12-18,22-24H2,1H3. The summed E-state index contributed by atoms with van der Waals surface area (Å²) in [7, 11) is 0. The van der Waals surface area contributed by atoms with Crippen LogP contribution in [-0.4, -0.2) is 36.0 Å². The molecule has 0 aromatic heterocycles. The number of hydrogen-bond donors (Lipinski definition) is 0. The first-order chi connectivity index (χ1) is 17.6. The van der Waals surface area contributed by atoms with Crippen molar-refractivity contribution in [2.24, 2.45) is 5.92 Å². The van der Waals surface area contributed by atoms with Crippen LogP contribution in [0, 0.1) is 12.8 Å². The quantitative estimate of drug-likeness (QED) is 0.322. The Morgan fingerprint density at radius 2 is 1.61 bits per heavy atom. The van der Waals surface area contributed by atoms with Gasteiger partial charge in [-0.25, -0.2) is 0 Å². The van der Waals surface area contributed by atoms with Crippen LogP contribution in [0.3, 0.4) is 0 Å². The molecule has 2 heterocycles. The molecule has 0 saturated carbocycles. The number of benzene rings is 3. The Kier molecular flexibility index (Phi) is 8.63. The molecule has 0 aliphatic carbocycles. The summed E-state index contributed by atoms with van der Waals surface area (Å²) in [5.74, 6) is 1.79. The summed E-state index contributed by atoms with van der Waals surface area (Å²) in [6.07, 6.45) is 6.02. The van der Waals surface area contributed by atoms with Gasteiger partial charge in [0.2, 0.25) is 0 Å². The Bertz CT molecular complexity index is 1140. The van der Waals surface area contributed by atoms with E-state index in [1.807, 2.05) is 12.1 Å². The lowest BCUT2D eigenvalue weighted by atomic mass is 9.93. The van der Waals surface area contributed by atoms with Gasteiger partial charge in [-0.15, -0.1) is 0 Å². The molecule has 3 aromatic rings. The number of rotatable bonds is 8. The molecule has 190 valence electrons. The van der Waals surface area contributed by atoms with Gasteiger partial charge in [-0.1, -0.05) is 59.6 Å². The number of fused-ring (bicyclic) bond motifs is 1. The summed E-state index contributed by atoms with van der Waals surface area (Å²) < 4.78 is 6.27. The summed E-state index contributed by atoms with van der Waals surface area (Å²) in [4.78, 5) is 5.14. The first kappa shape index (κ1) is 25.3. The number of piperidine rings is 1. The lowest BCUT2D eigenvalue weighted by molar-refractivity contribution is 0.157. The molecular weight excluding hydrogens is 464 g/mol. The van der Waals surface area contributed by atoms with E-state index < -0.39 is 0 Å². The predicted octanol–water partition coefficient (Wildman–Crippen LogP) is 7.28. The van der Waals surface area contributed by atoms with Gasteiger partial charge in [-0.2, -0.15) is 0 Å². The largest absolute Gasteiger partial charge is 0.494 e. The van der Waals surface area contributed by atoms with E-state index in [0.717, 1.165) is 75.4 Å². The fraction of sp³-hybridized carbons (Fsp3) is 0.438. The van der Waals surface area contributed by atoms with Crippen molar-refractivity contribution in [1.82, 2.24) is 9.80 Å². The van der Waals surface area contributed by atoms with Crippen LogP contribution in [0.2, 0.25) is 5.02 Å². The summed E-state index contributed by atoms with van der Waals surface area (Å²) in [6.45, 7) is 9.47. The molecule has 2 aliphatic rings. The van der Waals surface area contributed by atoms with Crippen LogP contribution in [0.4, 0.5) is 0 Å². The highest BCUT2D eigenvalue weighted by atomic mass is 35.5. The number of nitrogens with zero attached hydrogens (tertiary/aromatic N) is 2. The fourth-order valence-corrected chi connectivity index (χ4v) is 5.98. The van der Waals surface area contributed by atoms with E-state index >= 15 is 0 Å². The predicted molar refractivity (Wildman–Crippen MR) is 150 cm³/mol. The summed E-state index contributed by atoms with van der Waals surface area (Å²) >= 11 is 6.15. The second kappa shape index (κ2) is 12.3. The number of aryl methyl sites for hydroxylation is 2. The minimum Gasteiger partial charge on any atom is -0.494 e. The second-order valence-corrected chi connectivity index (χ2v) is 11.2. The Morgan fingerprint density at radius 3 is 2.42 bits per heavy atom. The van der Waals surface area contributed by atoms with E-state index in [4.69, 9.17) is 16.3 Å². The lowest BCUT2D eigenvalue weighted by Crippen LogP contribution is -2.33. The molecule has 1 fully saturated rings. The first-order valence-corrected chi connectivity index (χ1v) is 14.0. The molecule has 0 unspecified atom stereocenters. The Labute approximate surface area is 222 Å². The van der Waals surface area contributed by atoms with Gasteiger partial charge in [0, 0.05) is 24.7 Å². The van der Waals surface area contributed by atoms with E-state index in [9.17, 15) is 0 Å². The van der Waals surface area contributed by atoms with E-state index in [1.165, 1.54) is 47.1 Å². The number of hydrogen-bond acceptors (Lipinski definition) is 3. The van der Waals surface area contributed by atoms with Crippen molar-refractivity contribution < 1.29 is 4.74 Å². The van der Waals surface area contributed by atoms with Gasteiger partial charge in [0.15, 0.2) is 0 Å². The second-order valence-electron chi connectivity index (χ2n) is 10.7. The molecule has 0 spiro atoms. The number of ether oxygens (including phenoxy) is 1. The van der Waals surface area contributed by atoms with Crippen LogP contribution in [-0.2, 0) is 26.1 Å². The third kappa shape index (κ3) is 7.12. The third-order valence-electron chi connectivity index (χ3n) is 7.78. The van der Waals surface area contributed by atoms with Crippen molar-refractivity contribution in [2.45, 2.75) is 58.7 Å². The molecular formula is C32H39ClN2O. The molecule has 4 heteroatoms. The molecule has 36 heavy (non-hydrogen) atoms. The van der Waals surface area contributed by atoms with Gasteiger partial charge in [-0.05, 0) is 111 Å². The van der Waals surface area contributed by atoms with E-state index in [2.05, 4.69) is 71.3 Å². The summed E-state index contributed by atoms with van der Waals surface area (Å²) in [5, 5.41) is 0.830. The topological polar surface area (TPSA) is 15.7 Å². The van der Waals surface area contributed by atoms with Crippen molar-refractivity contribution in [2.75, 3.05) is 26.2 Å². The Balaban J connectivity index is 1.08. The fourth-order valence-electron chi connectivity index (χ4n) is 5.77. The van der Waals surface area contributed by atoms with Gasteiger partial charge in [0.05, 0.1) is 6.61 Å². The van der Waals surface area contributed by atoms with Crippen LogP contribution in [0.5, 0.6) is 5.75 Å². The van der Waals surface area contributed by atoms with Gasteiger partial charge in [0.25, 0.3) is 0 Å². The highest BCUT2D eigenvalue weighted by Crippen LogP contribution is 2.27. The third-order valence-corrected chi connectivity index (χ3v) is 8.01. The molecule has 5 rings (SSSR count). The molecule has 0 amide bonds. The monoisotopic (exact) mass is 502 g/mol. The van der Waals surface area contributed by atoms with E-state index in [1.54, 1.807) is 0 Å². The first-order valence-electron chi connectivity index (χ1n) is 13.6. The molecule has 0 radical (unpaired) electrons. The lowest BCUT2D eigenvalue weighted by Gasteiger charge is -2.32. The highest BCUT2D eigenvalue weighted by Gasteiger charge is 2.20. The van der Waals surface area contributed by atoms with Crippen molar-refractivity contribution in [3.63, 3.8) is 0 Å². The van der Waals surface area contributed by atoms with Crippen molar-refractivity contribution in [3.8, 4) is 5.75 Å². The average Bonchev–Trinajstić information content (AvgIpc) is 3.06. The van der Waals surface area contributed by atoms with E-state index in [-0.39, 0.29) is 0 Å². The Morgan fingerprint density at radius 1 is 0.833 bits per heavy atom. The Hall–Kier alpha value is -2.33. The van der Waals surface area contributed by atoms with E-state index in [0.29, 0.717) is 0 Å². The van der Waals surface area contributed by atoms with Gasteiger partial charge in [0.1, 0.15) is 5.75 Å². The highest BCUT2D eigenvalue weighted by molar-refractivity contribution is 6.30. The van der Waals surface area contributed by atoms with Crippen LogP contribution in [0.15, 0.2) is 66.7 Å². The van der Waals surface area contributed by atoms with Gasteiger partial charge in [-0.3, -0.25) is 9.80 Å². The van der Waals surface area contributed by atoms with Gasteiger partial charge >= 0.3 is 0 Å². The molecule has 0 bridgehead atoms. The van der Waals surface area contributed by atoms with Crippen LogP contribution in [0.25, 0.3) is 0 Å². The maximum Gasteiger partial charge on any atom is 0.119 e. The molecule has 0 N–H and O–H groups in total. The van der Waals surface area contributed by atoms with Gasteiger partial charge < -0.3 is 4.74 Å². The zero-order valence-corrected chi connectivity index (χ0v) is 22.4. The van der Waals surface area contributed by atoms with Crippen molar-refractivity contribution in [1.29, 1.82) is 0 Å². The van der Waals surface area contributed by atoms with Crippen molar-refractivity contribution in [3.05, 3.63) is 99.6 Å². The van der Waals surface area contributed by atoms with Crippen LogP contribution in [0.1, 0.15) is 53.5 Å². The molecule has 1 saturated heterocycles. The molecule has 3 aromatic carbocycles. The average molecular weight is 503 g/mol. The number of likely N-dealkylation sites (tertiary alicyclic amines) is 1. The molecule has 0 atom stereocenters. The molecule has 2 aliphatic heterocycles. The SMILES string of the molecule is Cc1cccc(CN2CCCc3ccc(OCCC4CCN(Cc5cccc(Cl)c5)CC4)cc3C2)c1. The number of halogens is 1. The zero-order valence-electron chi connectivity index (χ0n) is 21.6.